The van der Waals surface area contributed by atoms with Crippen LogP contribution in [0, 0.1) is 5.92 Å². The average Bonchev–Trinajstić information content (AvgIpc) is 2.99. The van der Waals surface area contributed by atoms with Crippen molar-refractivity contribution in [3.63, 3.8) is 0 Å². The number of ether oxygens (including phenoxy) is 4. The Morgan fingerprint density at radius 2 is 2.00 bits per heavy atom. The van der Waals surface area contributed by atoms with Crippen LogP contribution in [0.1, 0.15) is 33.6 Å². The first-order chi connectivity index (χ1) is 9.69. The highest BCUT2D eigenvalue weighted by atomic mass is 16.7. The van der Waals surface area contributed by atoms with Gasteiger partial charge in [-0.2, -0.15) is 0 Å². The maximum Gasteiger partial charge on any atom is 0.312 e. The molecule has 5 heteroatoms. The summed E-state index contributed by atoms with van der Waals surface area (Å²) in [4.78, 5) is 11.8. The predicted octanol–water partition coefficient (Wildman–Crippen LogP) is 2.05. The van der Waals surface area contributed by atoms with Crippen molar-refractivity contribution in [3.8, 4) is 0 Å². The van der Waals surface area contributed by atoms with E-state index in [2.05, 4.69) is 0 Å². The fourth-order valence-corrected chi connectivity index (χ4v) is 2.83. The molecule has 0 spiro atoms. The number of carbonyl (C=O) groups excluding carboxylic acids is 1. The highest BCUT2D eigenvalue weighted by molar-refractivity contribution is 5.74. The van der Waals surface area contributed by atoms with Crippen LogP contribution in [0.2, 0.25) is 0 Å². The molecule has 0 aliphatic carbocycles. The summed E-state index contributed by atoms with van der Waals surface area (Å²) in [5.74, 6) is -0.303. The van der Waals surface area contributed by atoms with Gasteiger partial charge in [-0.05, 0) is 32.8 Å². The summed E-state index contributed by atoms with van der Waals surface area (Å²) in [6, 6.07) is 0. The zero-order valence-corrected chi connectivity index (χ0v) is 12.5. The summed E-state index contributed by atoms with van der Waals surface area (Å²) in [5.41, 5.74) is 1.18. The normalized spacial score (nSPS) is 28.0. The molecule has 2 heterocycles. The van der Waals surface area contributed by atoms with Gasteiger partial charge in [-0.3, -0.25) is 4.79 Å². The lowest BCUT2D eigenvalue weighted by atomic mass is 9.88. The average molecular weight is 284 g/mol. The van der Waals surface area contributed by atoms with E-state index in [0.29, 0.717) is 32.7 Å². The number of hydrogen-bond donors (Lipinski definition) is 0. The lowest BCUT2D eigenvalue weighted by Crippen LogP contribution is -2.27. The minimum atomic E-state index is -0.222. The molecule has 1 saturated heterocycles. The molecule has 1 fully saturated rings. The van der Waals surface area contributed by atoms with Crippen LogP contribution in [-0.4, -0.2) is 44.3 Å². The molecule has 0 radical (unpaired) electrons. The van der Waals surface area contributed by atoms with Crippen molar-refractivity contribution in [2.45, 2.75) is 52.1 Å². The van der Waals surface area contributed by atoms with E-state index in [4.69, 9.17) is 18.9 Å². The molecule has 2 bridgehead atoms. The second kappa shape index (κ2) is 7.20. The monoisotopic (exact) mass is 284 g/mol. The van der Waals surface area contributed by atoms with Gasteiger partial charge in [0.05, 0.1) is 24.7 Å². The topological polar surface area (TPSA) is 54.0 Å². The van der Waals surface area contributed by atoms with Crippen molar-refractivity contribution in [2.75, 3.05) is 19.8 Å². The maximum absolute atomic E-state index is 11.8. The van der Waals surface area contributed by atoms with E-state index in [1.165, 1.54) is 5.57 Å². The smallest absolute Gasteiger partial charge is 0.312 e. The minimum Gasteiger partial charge on any atom is -0.466 e. The SMILES string of the molecule is CCOC(=O)C1CC2OC1C=C2CC(OCC)OCC. The lowest BCUT2D eigenvalue weighted by Gasteiger charge is -2.21. The number of fused-ring (bicyclic) bond motifs is 2. The van der Waals surface area contributed by atoms with Crippen molar-refractivity contribution < 1.29 is 23.7 Å². The van der Waals surface area contributed by atoms with Gasteiger partial charge in [0.25, 0.3) is 0 Å². The summed E-state index contributed by atoms with van der Waals surface area (Å²) < 4.78 is 22.0. The summed E-state index contributed by atoms with van der Waals surface area (Å²) in [6.07, 6.45) is 3.11. The third-order valence-electron chi connectivity index (χ3n) is 3.67. The molecule has 3 atom stereocenters. The van der Waals surface area contributed by atoms with Crippen molar-refractivity contribution >= 4 is 5.97 Å². The van der Waals surface area contributed by atoms with E-state index in [1.54, 1.807) is 0 Å². The molecule has 3 unspecified atom stereocenters. The lowest BCUT2D eigenvalue weighted by molar-refractivity contribution is -0.148. The minimum absolute atomic E-state index is 0.0119. The molecular formula is C15H24O5. The summed E-state index contributed by atoms with van der Waals surface area (Å²) >= 11 is 0. The van der Waals surface area contributed by atoms with Crippen LogP contribution in [0.4, 0.5) is 0 Å². The molecule has 0 saturated carbocycles. The molecule has 0 aromatic rings. The van der Waals surface area contributed by atoms with Gasteiger partial charge in [0.2, 0.25) is 0 Å². The van der Waals surface area contributed by atoms with Crippen LogP contribution >= 0.6 is 0 Å². The fourth-order valence-electron chi connectivity index (χ4n) is 2.83. The van der Waals surface area contributed by atoms with Crippen molar-refractivity contribution in [1.82, 2.24) is 0 Å². The molecule has 0 amide bonds. The van der Waals surface area contributed by atoms with Gasteiger partial charge < -0.3 is 18.9 Å². The number of esters is 1. The molecule has 2 rings (SSSR count). The van der Waals surface area contributed by atoms with Gasteiger partial charge in [-0.15, -0.1) is 0 Å². The second-order valence-electron chi connectivity index (χ2n) is 4.97. The first kappa shape index (κ1) is 15.5. The summed E-state index contributed by atoms with van der Waals surface area (Å²) in [5, 5.41) is 0. The van der Waals surface area contributed by atoms with Crippen LogP contribution in [0.15, 0.2) is 11.6 Å². The Bertz CT molecular complexity index is 359. The van der Waals surface area contributed by atoms with Gasteiger partial charge in [-0.25, -0.2) is 0 Å². The van der Waals surface area contributed by atoms with Crippen LogP contribution < -0.4 is 0 Å². The Kier molecular flexibility index (Phi) is 5.57. The molecule has 20 heavy (non-hydrogen) atoms. The first-order valence-corrected chi connectivity index (χ1v) is 7.45. The fraction of sp³-hybridized carbons (Fsp3) is 0.800. The molecule has 2 aliphatic rings. The van der Waals surface area contributed by atoms with Crippen molar-refractivity contribution in [2.24, 2.45) is 5.92 Å². The van der Waals surface area contributed by atoms with Crippen LogP contribution in [-0.2, 0) is 23.7 Å². The quantitative estimate of drug-likeness (QED) is 0.388. The van der Waals surface area contributed by atoms with E-state index in [-0.39, 0.29) is 30.4 Å². The molecule has 0 aromatic carbocycles. The van der Waals surface area contributed by atoms with Gasteiger partial charge in [-0.1, -0.05) is 6.08 Å². The molecule has 2 aliphatic heterocycles. The number of carbonyl (C=O) groups is 1. The van der Waals surface area contributed by atoms with Crippen LogP contribution in [0.3, 0.4) is 0 Å². The van der Waals surface area contributed by atoms with E-state index < -0.39 is 0 Å². The third-order valence-corrected chi connectivity index (χ3v) is 3.67. The number of rotatable bonds is 8. The zero-order valence-electron chi connectivity index (χ0n) is 12.5. The van der Waals surface area contributed by atoms with Gasteiger partial charge >= 0.3 is 5.97 Å². The summed E-state index contributed by atoms with van der Waals surface area (Å²) in [7, 11) is 0. The van der Waals surface area contributed by atoms with E-state index >= 15 is 0 Å². The second-order valence-corrected chi connectivity index (χ2v) is 4.97. The van der Waals surface area contributed by atoms with Crippen molar-refractivity contribution in [3.05, 3.63) is 11.6 Å². The predicted molar refractivity (Wildman–Crippen MR) is 73.1 cm³/mol. The van der Waals surface area contributed by atoms with Gasteiger partial charge in [0, 0.05) is 19.6 Å². The van der Waals surface area contributed by atoms with E-state index in [1.807, 2.05) is 26.8 Å². The third kappa shape index (κ3) is 3.40. The molecule has 0 N–H and O–H groups in total. The van der Waals surface area contributed by atoms with E-state index in [0.717, 1.165) is 0 Å². The Balaban J connectivity index is 1.92. The van der Waals surface area contributed by atoms with Crippen molar-refractivity contribution in [1.29, 1.82) is 0 Å². The van der Waals surface area contributed by atoms with Gasteiger partial charge in [0.1, 0.15) is 0 Å². The highest BCUT2D eigenvalue weighted by Gasteiger charge is 2.46. The largest absolute Gasteiger partial charge is 0.466 e. The van der Waals surface area contributed by atoms with Crippen LogP contribution in [0.5, 0.6) is 0 Å². The van der Waals surface area contributed by atoms with Gasteiger partial charge in [0.15, 0.2) is 6.29 Å². The molecule has 5 nitrogen and oxygen atoms in total. The summed E-state index contributed by atoms with van der Waals surface area (Å²) in [6.45, 7) is 7.39. The Labute approximate surface area is 120 Å². The van der Waals surface area contributed by atoms with Crippen LogP contribution in [0.25, 0.3) is 0 Å². The van der Waals surface area contributed by atoms with E-state index in [9.17, 15) is 4.79 Å². The first-order valence-electron chi connectivity index (χ1n) is 7.45. The Hall–Kier alpha value is -0.910. The Morgan fingerprint density at radius 1 is 1.30 bits per heavy atom. The molecule has 114 valence electrons. The standard InChI is InChI=1S/C15H24O5/c1-4-17-14(18-5-2)8-10-7-13-11(9-12(10)20-13)15(16)19-6-3/h7,11-14H,4-6,8-9H2,1-3H3. The zero-order chi connectivity index (χ0) is 14.5. The molecule has 0 aromatic heterocycles. The molecular weight excluding hydrogens is 260 g/mol. The number of hydrogen-bond acceptors (Lipinski definition) is 5. The maximum atomic E-state index is 11.8. The Morgan fingerprint density at radius 3 is 2.50 bits per heavy atom. The highest BCUT2D eigenvalue weighted by Crippen LogP contribution is 2.40.